The van der Waals surface area contributed by atoms with Crippen LogP contribution in [0, 0.1) is 13.8 Å². The Hall–Kier alpha value is -2.10. The van der Waals surface area contributed by atoms with Crippen molar-refractivity contribution in [3.63, 3.8) is 0 Å². The summed E-state index contributed by atoms with van der Waals surface area (Å²) < 4.78 is 0. The number of hydrogen-bond acceptors (Lipinski definition) is 2. The van der Waals surface area contributed by atoms with E-state index >= 15 is 0 Å². The lowest BCUT2D eigenvalue weighted by molar-refractivity contribution is 0.0954. The van der Waals surface area contributed by atoms with Gasteiger partial charge >= 0.3 is 0 Å². The first-order valence-corrected chi connectivity index (χ1v) is 5.99. The van der Waals surface area contributed by atoms with E-state index in [9.17, 15) is 4.79 Å². The second kappa shape index (κ2) is 5.49. The number of aryl methyl sites for hydroxylation is 2. The lowest BCUT2D eigenvalue weighted by atomic mass is 10.1. The fraction of sp³-hybridized carbons (Fsp3) is 0.286. The predicted molar refractivity (Wildman–Crippen MR) is 70.5 cm³/mol. The third-order valence-electron chi connectivity index (χ3n) is 2.72. The number of aromatic nitrogens is 2. The van der Waals surface area contributed by atoms with Crippen LogP contribution in [-0.2, 0) is 6.42 Å². The van der Waals surface area contributed by atoms with Gasteiger partial charge in [0.2, 0.25) is 0 Å². The van der Waals surface area contributed by atoms with Crippen molar-refractivity contribution in [1.29, 1.82) is 0 Å². The molecule has 0 atom stereocenters. The Morgan fingerprint density at radius 2 is 2.00 bits per heavy atom. The Morgan fingerprint density at radius 3 is 2.61 bits per heavy atom. The van der Waals surface area contributed by atoms with Crippen molar-refractivity contribution in [3.05, 3.63) is 53.1 Å². The Bertz CT molecular complexity index is 512. The van der Waals surface area contributed by atoms with Crippen molar-refractivity contribution in [2.45, 2.75) is 20.3 Å². The minimum absolute atomic E-state index is 0.0266. The summed E-state index contributed by atoms with van der Waals surface area (Å²) in [5.41, 5.74) is 3.95. The molecule has 2 N–H and O–H groups in total. The van der Waals surface area contributed by atoms with Crippen molar-refractivity contribution in [3.8, 4) is 0 Å². The number of carbonyl (C=O) groups excluding carboxylic acids is 1. The molecule has 0 aliphatic rings. The molecular formula is C14H17N3O. The summed E-state index contributed by atoms with van der Waals surface area (Å²) >= 11 is 0. The smallest absolute Gasteiger partial charge is 0.251 e. The molecule has 0 unspecified atom stereocenters. The van der Waals surface area contributed by atoms with Crippen LogP contribution < -0.4 is 5.32 Å². The van der Waals surface area contributed by atoms with E-state index in [1.807, 2.05) is 26.0 Å². The minimum atomic E-state index is -0.0266. The summed E-state index contributed by atoms with van der Waals surface area (Å²) in [4.78, 5) is 18.9. The van der Waals surface area contributed by atoms with E-state index in [1.54, 1.807) is 12.5 Å². The molecule has 1 heterocycles. The van der Waals surface area contributed by atoms with E-state index in [0.717, 1.165) is 28.8 Å². The van der Waals surface area contributed by atoms with E-state index in [1.165, 1.54) is 0 Å². The Morgan fingerprint density at radius 1 is 1.28 bits per heavy atom. The Balaban J connectivity index is 1.91. The zero-order valence-corrected chi connectivity index (χ0v) is 10.7. The molecule has 0 fully saturated rings. The van der Waals surface area contributed by atoms with E-state index < -0.39 is 0 Å². The molecule has 1 aromatic carbocycles. The van der Waals surface area contributed by atoms with E-state index in [4.69, 9.17) is 0 Å². The monoisotopic (exact) mass is 243 g/mol. The minimum Gasteiger partial charge on any atom is -0.352 e. The SMILES string of the molecule is Cc1cc(C)cc(C(=O)NCCc2cnc[nH]2)c1. The zero-order valence-electron chi connectivity index (χ0n) is 10.7. The second-order valence-electron chi connectivity index (χ2n) is 4.46. The van der Waals surface area contributed by atoms with Gasteiger partial charge in [0.15, 0.2) is 0 Å². The third-order valence-corrected chi connectivity index (χ3v) is 2.72. The molecule has 4 heteroatoms. The van der Waals surface area contributed by atoms with Gasteiger partial charge in [-0.1, -0.05) is 17.2 Å². The van der Waals surface area contributed by atoms with Crippen LogP contribution >= 0.6 is 0 Å². The molecule has 0 saturated carbocycles. The number of nitrogens with zero attached hydrogens (tertiary/aromatic N) is 1. The van der Waals surface area contributed by atoms with E-state index in [2.05, 4.69) is 21.4 Å². The predicted octanol–water partition coefficient (Wildman–Crippen LogP) is 2.00. The van der Waals surface area contributed by atoms with Crippen molar-refractivity contribution in [2.75, 3.05) is 6.54 Å². The topological polar surface area (TPSA) is 57.8 Å². The van der Waals surface area contributed by atoms with Crippen LogP contribution in [0.3, 0.4) is 0 Å². The van der Waals surface area contributed by atoms with Crippen LogP contribution in [-0.4, -0.2) is 22.4 Å². The summed E-state index contributed by atoms with van der Waals surface area (Å²) in [5.74, 6) is -0.0266. The van der Waals surface area contributed by atoms with Gasteiger partial charge in [0.05, 0.1) is 6.33 Å². The van der Waals surface area contributed by atoms with Gasteiger partial charge in [0.25, 0.3) is 5.91 Å². The number of H-pyrrole nitrogens is 1. The molecule has 0 bridgehead atoms. The number of imidazole rings is 1. The van der Waals surface area contributed by atoms with Crippen LogP contribution in [0.15, 0.2) is 30.7 Å². The lowest BCUT2D eigenvalue weighted by Gasteiger charge is -2.06. The second-order valence-corrected chi connectivity index (χ2v) is 4.46. The molecule has 18 heavy (non-hydrogen) atoms. The average Bonchev–Trinajstić information content (AvgIpc) is 2.80. The first-order chi connectivity index (χ1) is 8.65. The summed E-state index contributed by atoms with van der Waals surface area (Å²) in [6.45, 7) is 4.59. The fourth-order valence-corrected chi connectivity index (χ4v) is 1.94. The maximum absolute atomic E-state index is 11.9. The number of rotatable bonds is 4. The molecule has 0 aliphatic heterocycles. The number of carbonyl (C=O) groups is 1. The highest BCUT2D eigenvalue weighted by Crippen LogP contribution is 2.08. The highest BCUT2D eigenvalue weighted by atomic mass is 16.1. The molecule has 2 rings (SSSR count). The van der Waals surface area contributed by atoms with Gasteiger partial charge in [-0.05, 0) is 26.0 Å². The van der Waals surface area contributed by atoms with Crippen LogP contribution in [0.4, 0.5) is 0 Å². The molecular weight excluding hydrogens is 226 g/mol. The molecule has 0 spiro atoms. The first kappa shape index (κ1) is 12.4. The number of amides is 1. The van der Waals surface area contributed by atoms with Gasteiger partial charge in [-0.3, -0.25) is 4.79 Å². The van der Waals surface area contributed by atoms with Gasteiger partial charge in [0, 0.05) is 30.4 Å². The van der Waals surface area contributed by atoms with Crippen LogP contribution in [0.25, 0.3) is 0 Å². The summed E-state index contributed by atoms with van der Waals surface area (Å²) in [6.07, 6.45) is 4.17. The standard InChI is InChI=1S/C14H17N3O/c1-10-5-11(2)7-12(6-10)14(18)16-4-3-13-8-15-9-17-13/h5-9H,3-4H2,1-2H3,(H,15,17)(H,16,18). The van der Waals surface area contributed by atoms with E-state index in [-0.39, 0.29) is 5.91 Å². The largest absolute Gasteiger partial charge is 0.352 e. The van der Waals surface area contributed by atoms with Gasteiger partial charge in [-0.2, -0.15) is 0 Å². The lowest BCUT2D eigenvalue weighted by Crippen LogP contribution is -2.25. The molecule has 0 saturated heterocycles. The molecule has 4 nitrogen and oxygen atoms in total. The van der Waals surface area contributed by atoms with Crippen LogP contribution in [0.1, 0.15) is 27.2 Å². The normalized spacial score (nSPS) is 10.3. The van der Waals surface area contributed by atoms with Gasteiger partial charge in [0.1, 0.15) is 0 Å². The molecule has 1 amide bonds. The number of benzene rings is 1. The van der Waals surface area contributed by atoms with Crippen LogP contribution in [0.5, 0.6) is 0 Å². The Kier molecular flexibility index (Phi) is 3.77. The summed E-state index contributed by atoms with van der Waals surface area (Å²) in [5, 5.41) is 2.90. The maximum Gasteiger partial charge on any atom is 0.251 e. The van der Waals surface area contributed by atoms with Gasteiger partial charge in [-0.15, -0.1) is 0 Å². The molecule has 0 radical (unpaired) electrons. The van der Waals surface area contributed by atoms with Gasteiger partial charge < -0.3 is 10.3 Å². The summed E-state index contributed by atoms with van der Waals surface area (Å²) in [6, 6.07) is 5.86. The van der Waals surface area contributed by atoms with E-state index in [0.29, 0.717) is 6.54 Å². The first-order valence-electron chi connectivity index (χ1n) is 5.99. The van der Waals surface area contributed by atoms with Gasteiger partial charge in [-0.25, -0.2) is 4.98 Å². The molecule has 0 aliphatic carbocycles. The molecule has 94 valence electrons. The van der Waals surface area contributed by atoms with Crippen LogP contribution in [0.2, 0.25) is 0 Å². The fourth-order valence-electron chi connectivity index (χ4n) is 1.94. The van der Waals surface area contributed by atoms with Crippen molar-refractivity contribution >= 4 is 5.91 Å². The average molecular weight is 243 g/mol. The van der Waals surface area contributed by atoms with Crippen molar-refractivity contribution in [1.82, 2.24) is 15.3 Å². The van der Waals surface area contributed by atoms with Crippen molar-refractivity contribution < 1.29 is 4.79 Å². The molecule has 2 aromatic rings. The highest BCUT2D eigenvalue weighted by molar-refractivity contribution is 5.94. The Labute approximate surface area is 106 Å². The quantitative estimate of drug-likeness (QED) is 0.863. The highest BCUT2D eigenvalue weighted by Gasteiger charge is 2.06. The number of aromatic amines is 1. The molecule has 1 aromatic heterocycles. The zero-order chi connectivity index (χ0) is 13.0. The summed E-state index contributed by atoms with van der Waals surface area (Å²) in [7, 11) is 0. The maximum atomic E-state index is 11.9. The van der Waals surface area contributed by atoms with Crippen molar-refractivity contribution in [2.24, 2.45) is 0 Å². The number of hydrogen-bond donors (Lipinski definition) is 2. The third kappa shape index (κ3) is 3.20. The number of nitrogens with one attached hydrogen (secondary N) is 2.